The van der Waals surface area contributed by atoms with Gasteiger partial charge in [0.2, 0.25) is 0 Å². The summed E-state index contributed by atoms with van der Waals surface area (Å²) in [5, 5.41) is 0. The van der Waals surface area contributed by atoms with Crippen LogP contribution in [0.5, 0.6) is 0 Å². The van der Waals surface area contributed by atoms with Crippen molar-refractivity contribution in [1.29, 1.82) is 0 Å². The number of thiol groups is 1. The molecule has 2 amide bonds. The molecule has 17 heavy (non-hydrogen) atoms. The monoisotopic (exact) mass is 249 g/mol. The zero-order chi connectivity index (χ0) is 12.4. The van der Waals surface area contributed by atoms with Crippen LogP contribution in [0.1, 0.15) is 5.89 Å². The predicted molar refractivity (Wildman–Crippen MR) is 67.7 cm³/mol. The lowest BCUT2D eigenvalue weighted by Gasteiger charge is -2.12. The minimum absolute atomic E-state index is 0.598. The summed E-state index contributed by atoms with van der Waals surface area (Å²) in [7, 11) is 0. The largest absolute Gasteiger partial charge is 0.441 e. The third-order valence-corrected chi connectivity index (χ3v) is 2.65. The van der Waals surface area contributed by atoms with E-state index in [0.29, 0.717) is 17.3 Å². The van der Waals surface area contributed by atoms with Crippen molar-refractivity contribution in [2.75, 3.05) is 4.31 Å². The first kappa shape index (κ1) is 11.5. The number of carbonyl (C=O) groups excluding carboxylic acids is 1. The second kappa shape index (κ2) is 4.50. The molecule has 0 aliphatic heterocycles. The molecule has 2 rings (SSSR count). The molecule has 1 heterocycles. The summed E-state index contributed by atoms with van der Waals surface area (Å²) in [6.07, 6.45) is 1.65. The highest BCUT2D eigenvalue weighted by Gasteiger charge is 2.08. The number of hydrogen-bond acceptors (Lipinski definition) is 4. The molecule has 0 fully saturated rings. The molecule has 2 aromatic rings. The molecular weight excluding hydrogens is 238 g/mol. The van der Waals surface area contributed by atoms with Gasteiger partial charge in [0.1, 0.15) is 0 Å². The maximum atomic E-state index is 10.9. The minimum Gasteiger partial charge on any atom is -0.441 e. The third kappa shape index (κ3) is 2.42. The van der Waals surface area contributed by atoms with Crippen LogP contribution in [0.4, 0.5) is 10.5 Å². The Morgan fingerprint density at radius 2 is 2.06 bits per heavy atom. The van der Waals surface area contributed by atoms with Gasteiger partial charge >= 0.3 is 6.03 Å². The Morgan fingerprint density at radius 1 is 1.41 bits per heavy atom. The van der Waals surface area contributed by atoms with Crippen molar-refractivity contribution in [3.8, 4) is 11.3 Å². The number of hydrogen-bond donors (Lipinski definition) is 2. The van der Waals surface area contributed by atoms with E-state index in [2.05, 4.69) is 17.8 Å². The zero-order valence-electron chi connectivity index (χ0n) is 9.12. The fraction of sp³-hybridized carbons (Fsp3) is 0.0909. The number of carbonyl (C=O) groups is 1. The van der Waals surface area contributed by atoms with E-state index in [4.69, 9.17) is 10.2 Å². The van der Waals surface area contributed by atoms with Gasteiger partial charge in [-0.2, -0.15) is 0 Å². The molecule has 6 heteroatoms. The molecule has 0 radical (unpaired) electrons. The van der Waals surface area contributed by atoms with Gasteiger partial charge in [-0.3, -0.25) is 0 Å². The van der Waals surface area contributed by atoms with Crippen LogP contribution in [-0.2, 0) is 0 Å². The smallest absolute Gasteiger partial charge is 0.329 e. The second-order valence-electron chi connectivity index (χ2n) is 3.44. The second-order valence-corrected chi connectivity index (χ2v) is 3.84. The van der Waals surface area contributed by atoms with Crippen LogP contribution < -0.4 is 10.0 Å². The summed E-state index contributed by atoms with van der Waals surface area (Å²) < 4.78 is 6.45. The van der Waals surface area contributed by atoms with Gasteiger partial charge in [-0.1, -0.05) is 12.8 Å². The van der Waals surface area contributed by atoms with E-state index in [1.165, 1.54) is 0 Å². The highest BCUT2D eigenvalue weighted by atomic mass is 32.1. The molecule has 0 atom stereocenters. The van der Waals surface area contributed by atoms with Crippen LogP contribution in [0.2, 0.25) is 0 Å². The summed E-state index contributed by atoms with van der Waals surface area (Å²) in [6, 6.07) is 6.44. The van der Waals surface area contributed by atoms with Crippen molar-refractivity contribution in [3.63, 3.8) is 0 Å². The third-order valence-electron chi connectivity index (χ3n) is 2.23. The molecule has 0 aliphatic carbocycles. The van der Waals surface area contributed by atoms with Crippen molar-refractivity contribution >= 4 is 24.5 Å². The normalized spacial score (nSPS) is 10.2. The number of amides is 2. The molecule has 0 saturated heterocycles. The first-order valence-corrected chi connectivity index (χ1v) is 5.29. The number of rotatable bonds is 2. The van der Waals surface area contributed by atoms with Gasteiger partial charge < -0.3 is 10.2 Å². The standard InChI is InChI=1S/C11H11N3O2S/c1-7-13-6-10(16-7)8-2-4-9(5-3-8)14(17)11(12)15/h2-6,17H,1H3,(H2,12,15). The molecule has 0 bridgehead atoms. The Balaban J connectivity index is 2.27. The van der Waals surface area contributed by atoms with E-state index in [1.54, 1.807) is 37.4 Å². The summed E-state index contributed by atoms with van der Waals surface area (Å²) in [5.41, 5.74) is 6.58. The quantitative estimate of drug-likeness (QED) is 0.802. The lowest BCUT2D eigenvalue weighted by Crippen LogP contribution is -2.27. The zero-order valence-corrected chi connectivity index (χ0v) is 10.0. The molecule has 1 aromatic carbocycles. The molecule has 1 aromatic heterocycles. The fourth-order valence-electron chi connectivity index (χ4n) is 1.39. The molecule has 0 unspecified atom stereocenters. The van der Waals surface area contributed by atoms with E-state index >= 15 is 0 Å². The molecule has 0 aliphatic rings. The van der Waals surface area contributed by atoms with Crippen molar-refractivity contribution in [3.05, 3.63) is 36.4 Å². The number of aryl methyl sites for hydroxylation is 1. The molecule has 88 valence electrons. The van der Waals surface area contributed by atoms with Gasteiger partial charge in [0, 0.05) is 12.5 Å². The molecule has 0 spiro atoms. The predicted octanol–water partition coefficient (Wildman–Crippen LogP) is 2.38. The van der Waals surface area contributed by atoms with Gasteiger partial charge in [-0.05, 0) is 24.3 Å². The summed E-state index contributed by atoms with van der Waals surface area (Å²) in [4.78, 5) is 14.9. The number of primary amides is 1. The number of anilines is 1. The maximum absolute atomic E-state index is 10.9. The summed E-state index contributed by atoms with van der Waals surface area (Å²) in [5.74, 6) is 1.29. The van der Waals surface area contributed by atoms with E-state index in [9.17, 15) is 4.79 Å². The summed E-state index contributed by atoms with van der Waals surface area (Å²) in [6.45, 7) is 1.78. The topological polar surface area (TPSA) is 72.4 Å². The van der Waals surface area contributed by atoms with Crippen molar-refractivity contribution in [2.45, 2.75) is 6.92 Å². The number of urea groups is 1. The Labute approximate surface area is 104 Å². The average molecular weight is 249 g/mol. The number of nitrogens with zero attached hydrogens (tertiary/aromatic N) is 2. The highest BCUT2D eigenvalue weighted by Crippen LogP contribution is 2.24. The first-order valence-electron chi connectivity index (χ1n) is 4.89. The lowest BCUT2D eigenvalue weighted by molar-refractivity contribution is 0.257. The first-order chi connectivity index (χ1) is 8.08. The Hall–Kier alpha value is -1.95. The van der Waals surface area contributed by atoms with Crippen LogP contribution in [0.3, 0.4) is 0 Å². The van der Waals surface area contributed by atoms with Gasteiger partial charge in [-0.15, -0.1) is 0 Å². The Morgan fingerprint density at radius 3 is 2.53 bits per heavy atom. The van der Waals surface area contributed by atoms with E-state index in [-0.39, 0.29) is 0 Å². The summed E-state index contributed by atoms with van der Waals surface area (Å²) >= 11 is 3.96. The van der Waals surface area contributed by atoms with Gasteiger partial charge in [0.05, 0.1) is 11.9 Å². The van der Waals surface area contributed by atoms with Crippen LogP contribution >= 0.6 is 12.8 Å². The van der Waals surface area contributed by atoms with Crippen LogP contribution in [0.25, 0.3) is 11.3 Å². The minimum atomic E-state index is -0.628. The molecule has 0 saturated carbocycles. The number of nitrogens with two attached hydrogens (primary N) is 1. The number of oxazole rings is 1. The van der Waals surface area contributed by atoms with Crippen molar-refractivity contribution < 1.29 is 9.21 Å². The van der Waals surface area contributed by atoms with E-state index in [1.807, 2.05) is 0 Å². The number of benzene rings is 1. The van der Waals surface area contributed by atoms with Gasteiger partial charge in [0.15, 0.2) is 11.7 Å². The highest BCUT2D eigenvalue weighted by molar-refractivity contribution is 7.82. The molecule has 2 N–H and O–H groups in total. The van der Waals surface area contributed by atoms with Gasteiger partial charge in [0.25, 0.3) is 0 Å². The van der Waals surface area contributed by atoms with Crippen LogP contribution in [-0.4, -0.2) is 11.0 Å². The SMILES string of the molecule is Cc1ncc(-c2ccc(N(S)C(N)=O)cc2)o1. The van der Waals surface area contributed by atoms with Gasteiger partial charge in [-0.25, -0.2) is 14.1 Å². The Kier molecular flexibility index (Phi) is 3.06. The fourth-order valence-corrected chi connectivity index (χ4v) is 1.52. The number of aromatic nitrogens is 1. The molecule has 5 nitrogen and oxygen atoms in total. The Bertz CT molecular complexity index is 536. The average Bonchev–Trinajstić information content (AvgIpc) is 2.75. The molecular formula is C11H11N3O2S. The van der Waals surface area contributed by atoms with Crippen LogP contribution in [0.15, 0.2) is 34.9 Å². The van der Waals surface area contributed by atoms with Crippen LogP contribution in [0, 0.1) is 6.92 Å². The van der Waals surface area contributed by atoms with Crippen molar-refractivity contribution in [2.24, 2.45) is 5.73 Å². The lowest BCUT2D eigenvalue weighted by atomic mass is 10.2. The van der Waals surface area contributed by atoms with E-state index in [0.717, 1.165) is 9.87 Å². The van der Waals surface area contributed by atoms with Crippen molar-refractivity contribution in [1.82, 2.24) is 4.98 Å². The maximum Gasteiger partial charge on any atom is 0.329 e. The van der Waals surface area contributed by atoms with E-state index < -0.39 is 6.03 Å².